The summed E-state index contributed by atoms with van der Waals surface area (Å²) in [5.41, 5.74) is 5.49. The van der Waals surface area contributed by atoms with E-state index in [4.69, 9.17) is 9.98 Å². The molecule has 0 atom stereocenters. The fourth-order valence-electron chi connectivity index (χ4n) is 10.6. The fourth-order valence-corrected chi connectivity index (χ4v) is 10.6. The third-order valence-electron chi connectivity index (χ3n) is 15.4. The van der Waals surface area contributed by atoms with Gasteiger partial charge in [-0.25, -0.2) is 0 Å². The standard InChI is InChI=1S/C70H120N2/c1-4-7-10-12-14-16-18-20-22-24-26-27-28-29-30-31-32-33-34-36-38-40-42-44-46-48-50-56-64-69(71-67-60-54-51-55-61-67)70(63-52-9-6-3)72-68-62-57-59-66(65-68)58-53-49-47-45-43-41-39-37-35-25-23-21-19-17-15-13-11-8-5-2/h51,54-55,57,59-62,65H,4-50,52,56,63-64H2,1-3H3. The second-order valence-corrected chi connectivity index (χ2v) is 22.5. The zero-order chi connectivity index (χ0) is 51.1. The summed E-state index contributed by atoms with van der Waals surface area (Å²) >= 11 is 0. The fraction of sp³-hybridized carbons (Fsp3) is 0.771. The van der Waals surface area contributed by atoms with Crippen LogP contribution in [0.3, 0.4) is 0 Å². The van der Waals surface area contributed by atoms with Crippen LogP contribution in [0.1, 0.15) is 354 Å². The number of hydrogen-bond acceptors (Lipinski definition) is 2. The maximum absolute atomic E-state index is 5.36. The molecule has 0 fully saturated rings. The van der Waals surface area contributed by atoms with Crippen LogP contribution in [-0.2, 0) is 0 Å². The van der Waals surface area contributed by atoms with Gasteiger partial charge >= 0.3 is 0 Å². The lowest BCUT2D eigenvalue weighted by Gasteiger charge is -2.12. The predicted octanol–water partition coefficient (Wildman–Crippen LogP) is 24.8. The van der Waals surface area contributed by atoms with Gasteiger partial charge < -0.3 is 0 Å². The Kier molecular flexibility index (Phi) is 48.3. The summed E-state index contributed by atoms with van der Waals surface area (Å²) in [7, 11) is 0. The lowest BCUT2D eigenvalue weighted by Crippen LogP contribution is -2.14. The zero-order valence-electron chi connectivity index (χ0n) is 48.7. The molecule has 0 heterocycles. The lowest BCUT2D eigenvalue weighted by atomic mass is 10.00. The second kappa shape index (κ2) is 53.2. The van der Waals surface area contributed by atoms with Gasteiger partial charge in [0.2, 0.25) is 0 Å². The van der Waals surface area contributed by atoms with Gasteiger partial charge in [0.05, 0.1) is 22.8 Å². The molecule has 0 radical (unpaired) electrons. The lowest BCUT2D eigenvalue weighted by molar-refractivity contribution is 0.514. The molecular formula is C70H120N2. The highest BCUT2D eigenvalue weighted by Crippen LogP contribution is 2.22. The average molecular weight is 990 g/mol. The normalized spacial score (nSPS) is 11.9. The van der Waals surface area contributed by atoms with Crippen molar-refractivity contribution in [3.63, 3.8) is 0 Å². The summed E-state index contributed by atoms with van der Waals surface area (Å²) in [6, 6.07) is 19.2. The average Bonchev–Trinajstić information content (AvgIpc) is 3.40. The molecule has 2 aromatic rings. The largest absolute Gasteiger partial charge is 0.252 e. The highest BCUT2D eigenvalue weighted by Gasteiger charge is 2.11. The van der Waals surface area contributed by atoms with Crippen molar-refractivity contribution in [3.8, 4) is 11.8 Å². The minimum absolute atomic E-state index is 0.980. The molecule has 0 aliphatic carbocycles. The van der Waals surface area contributed by atoms with Crippen LogP contribution in [0.2, 0.25) is 0 Å². The molecule has 0 aliphatic heterocycles. The molecule has 0 unspecified atom stereocenters. The summed E-state index contributed by atoms with van der Waals surface area (Å²) < 4.78 is 0. The van der Waals surface area contributed by atoms with Gasteiger partial charge in [0.15, 0.2) is 0 Å². The van der Waals surface area contributed by atoms with Crippen LogP contribution in [0.15, 0.2) is 64.6 Å². The number of nitrogens with zero attached hydrogens (tertiary/aromatic N) is 2. The molecule has 0 bridgehead atoms. The van der Waals surface area contributed by atoms with E-state index < -0.39 is 0 Å². The van der Waals surface area contributed by atoms with Gasteiger partial charge in [0.1, 0.15) is 0 Å². The van der Waals surface area contributed by atoms with Crippen molar-refractivity contribution in [1.82, 2.24) is 0 Å². The molecule has 410 valence electrons. The molecule has 0 N–H and O–H groups in total. The highest BCUT2D eigenvalue weighted by atomic mass is 14.8. The zero-order valence-corrected chi connectivity index (χ0v) is 48.7. The molecule has 2 rings (SSSR count). The van der Waals surface area contributed by atoms with Gasteiger partial charge in [-0.05, 0) is 62.4 Å². The third-order valence-corrected chi connectivity index (χ3v) is 15.4. The monoisotopic (exact) mass is 989 g/mol. The maximum atomic E-state index is 5.36. The molecule has 2 heteroatoms. The van der Waals surface area contributed by atoms with E-state index in [1.165, 1.54) is 313 Å². The highest BCUT2D eigenvalue weighted by molar-refractivity contribution is 6.43. The minimum atomic E-state index is 0.980. The van der Waals surface area contributed by atoms with Crippen LogP contribution >= 0.6 is 0 Å². The Morgan fingerprint density at radius 2 is 0.569 bits per heavy atom. The van der Waals surface area contributed by atoms with E-state index in [1.54, 1.807) is 0 Å². The van der Waals surface area contributed by atoms with E-state index in [0.717, 1.165) is 42.6 Å². The van der Waals surface area contributed by atoms with Crippen LogP contribution < -0.4 is 0 Å². The second-order valence-electron chi connectivity index (χ2n) is 22.5. The summed E-state index contributed by atoms with van der Waals surface area (Å²) in [4.78, 5) is 10.6. The Labute approximate surface area is 450 Å². The molecule has 2 aromatic carbocycles. The van der Waals surface area contributed by atoms with E-state index in [0.29, 0.717) is 0 Å². The van der Waals surface area contributed by atoms with Crippen molar-refractivity contribution >= 4 is 22.8 Å². The van der Waals surface area contributed by atoms with Crippen molar-refractivity contribution in [2.45, 2.75) is 348 Å². The van der Waals surface area contributed by atoms with Crippen molar-refractivity contribution in [2.24, 2.45) is 9.98 Å². The van der Waals surface area contributed by atoms with E-state index >= 15 is 0 Å². The first-order valence-electron chi connectivity index (χ1n) is 32.6. The number of para-hydroxylation sites is 1. The van der Waals surface area contributed by atoms with Gasteiger partial charge in [-0.2, -0.15) is 0 Å². The molecule has 0 saturated carbocycles. The van der Waals surface area contributed by atoms with E-state index in [-0.39, 0.29) is 0 Å². The van der Waals surface area contributed by atoms with Crippen LogP contribution in [0.5, 0.6) is 0 Å². The molecule has 0 amide bonds. The Hall–Kier alpha value is -2.66. The summed E-state index contributed by atoms with van der Waals surface area (Å²) in [5, 5.41) is 0. The molecule has 0 saturated heterocycles. The summed E-state index contributed by atoms with van der Waals surface area (Å²) in [5.74, 6) is 6.98. The van der Waals surface area contributed by atoms with Crippen LogP contribution in [0.25, 0.3) is 0 Å². The van der Waals surface area contributed by atoms with Crippen molar-refractivity contribution in [2.75, 3.05) is 0 Å². The smallest absolute Gasteiger partial charge is 0.0646 e. The van der Waals surface area contributed by atoms with Gasteiger partial charge in [-0.3, -0.25) is 9.98 Å². The van der Waals surface area contributed by atoms with Gasteiger partial charge in [-0.1, -0.05) is 346 Å². The molecule has 0 aliphatic rings. The van der Waals surface area contributed by atoms with E-state index in [1.807, 2.05) is 0 Å². The first-order valence-corrected chi connectivity index (χ1v) is 32.6. The Bertz CT molecular complexity index is 1540. The molecule has 0 aromatic heterocycles. The van der Waals surface area contributed by atoms with Gasteiger partial charge in [0, 0.05) is 12.0 Å². The van der Waals surface area contributed by atoms with E-state index in [2.05, 4.69) is 87.2 Å². The topological polar surface area (TPSA) is 24.7 Å². The Balaban J connectivity index is 1.60. The minimum Gasteiger partial charge on any atom is -0.252 e. The van der Waals surface area contributed by atoms with Crippen LogP contribution in [0, 0.1) is 11.8 Å². The maximum Gasteiger partial charge on any atom is 0.0646 e. The molecular weight excluding hydrogens is 869 g/mol. The first kappa shape index (κ1) is 65.5. The van der Waals surface area contributed by atoms with Crippen molar-refractivity contribution in [3.05, 3.63) is 60.2 Å². The van der Waals surface area contributed by atoms with Crippen molar-refractivity contribution < 1.29 is 0 Å². The summed E-state index contributed by atoms with van der Waals surface area (Å²) in [6.07, 6.45) is 70.6. The van der Waals surface area contributed by atoms with Crippen LogP contribution in [-0.4, -0.2) is 11.4 Å². The van der Waals surface area contributed by atoms with Crippen LogP contribution in [0.4, 0.5) is 11.4 Å². The SMILES string of the molecule is CCCCCCCCCCCCCCCCCCCC#Cc1cccc(N=C(CCCCC)C(CCCCCCCCCCCCCCCCCCCCCCCCCCCCCC)=Nc2ccccc2)c1. The number of hydrogen-bond donors (Lipinski definition) is 0. The summed E-state index contributed by atoms with van der Waals surface area (Å²) in [6.45, 7) is 6.91. The third kappa shape index (κ3) is 42.7. The predicted molar refractivity (Wildman–Crippen MR) is 326 cm³/mol. The number of aliphatic imine (C=N–C) groups is 2. The Morgan fingerprint density at radius 3 is 0.931 bits per heavy atom. The molecule has 2 nitrogen and oxygen atoms in total. The Morgan fingerprint density at radius 1 is 0.292 bits per heavy atom. The quantitative estimate of drug-likeness (QED) is 0.0358. The number of benzene rings is 2. The molecule has 0 spiro atoms. The van der Waals surface area contributed by atoms with Gasteiger partial charge in [0.25, 0.3) is 0 Å². The van der Waals surface area contributed by atoms with E-state index in [9.17, 15) is 0 Å². The first-order chi connectivity index (χ1) is 35.8. The molecule has 72 heavy (non-hydrogen) atoms. The van der Waals surface area contributed by atoms with Crippen molar-refractivity contribution in [1.29, 1.82) is 0 Å². The number of unbranched alkanes of at least 4 members (excludes halogenated alkanes) is 46. The number of rotatable bonds is 53. The van der Waals surface area contributed by atoms with Gasteiger partial charge in [-0.15, -0.1) is 0 Å².